The molecule has 0 saturated carbocycles. The lowest BCUT2D eigenvalue weighted by molar-refractivity contribution is 0.416. The van der Waals surface area contributed by atoms with Crippen molar-refractivity contribution >= 4 is 9.84 Å². The van der Waals surface area contributed by atoms with E-state index >= 15 is 0 Å². The summed E-state index contributed by atoms with van der Waals surface area (Å²) in [6.07, 6.45) is 1.94. The number of hydrogen-bond donors (Lipinski definition) is 1. The molecule has 1 N–H and O–H groups in total. The zero-order chi connectivity index (χ0) is 15.6. The normalized spacial score (nSPS) is 13.7. The lowest BCUT2D eigenvalue weighted by Crippen LogP contribution is -2.36. The maximum Gasteiger partial charge on any atom is 0.156 e. The van der Waals surface area contributed by atoms with Crippen molar-refractivity contribution in [3.05, 3.63) is 24.0 Å². The standard InChI is InChI=1S/C15H28N2O2S/c1-14(2,3)16-12-13-8-7-9-17(13)10-11-20(18,19)15(4,5)6/h7-9,16H,10-12H2,1-6H3. The minimum atomic E-state index is -3.08. The van der Waals surface area contributed by atoms with Crippen molar-refractivity contribution < 1.29 is 8.42 Å². The van der Waals surface area contributed by atoms with E-state index in [9.17, 15) is 8.42 Å². The highest BCUT2D eigenvalue weighted by Gasteiger charge is 2.28. The monoisotopic (exact) mass is 300 g/mol. The largest absolute Gasteiger partial charge is 0.349 e. The average molecular weight is 300 g/mol. The molecule has 20 heavy (non-hydrogen) atoms. The van der Waals surface area contributed by atoms with Gasteiger partial charge in [0.05, 0.1) is 10.5 Å². The van der Waals surface area contributed by atoms with E-state index in [1.807, 2.05) is 22.9 Å². The van der Waals surface area contributed by atoms with Crippen LogP contribution in [0.3, 0.4) is 0 Å². The molecule has 1 heterocycles. The Labute approximate surface area is 123 Å². The van der Waals surface area contributed by atoms with E-state index in [0.29, 0.717) is 6.54 Å². The van der Waals surface area contributed by atoms with Crippen LogP contribution < -0.4 is 5.32 Å². The van der Waals surface area contributed by atoms with Gasteiger partial charge in [-0.25, -0.2) is 8.42 Å². The summed E-state index contributed by atoms with van der Waals surface area (Å²) in [6, 6.07) is 3.99. The third-order valence-corrected chi connectivity index (χ3v) is 5.84. The molecule has 0 aliphatic heterocycles. The van der Waals surface area contributed by atoms with Gasteiger partial charge in [-0.2, -0.15) is 0 Å². The quantitative estimate of drug-likeness (QED) is 0.909. The number of sulfone groups is 1. The Morgan fingerprint density at radius 1 is 1.15 bits per heavy atom. The topological polar surface area (TPSA) is 51.1 Å². The van der Waals surface area contributed by atoms with Gasteiger partial charge in [-0.1, -0.05) is 0 Å². The summed E-state index contributed by atoms with van der Waals surface area (Å²) in [5.41, 5.74) is 1.16. The lowest BCUT2D eigenvalue weighted by Gasteiger charge is -2.22. The van der Waals surface area contributed by atoms with Gasteiger partial charge < -0.3 is 9.88 Å². The summed E-state index contributed by atoms with van der Waals surface area (Å²) in [5.74, 6) is 0.174. The van der Waals surface area contributed by atoms with Gasteiger partial charge >= 0.3 is 0 Å². The van der Waals surface area contributed by atoms with E-state index in [4.69, 9.17) is 0 Å². The number of rotatable bonds is 5. The van der Waals surface area contributed by atoms with Crippen LogP contribution in [0.4, 0.5) is 0 Å². The van der Waals surface area contributed by atoms with E-state index in [-0.39, 0.29) is 11.3 Å². The first-order chi connectivity index (χ1) is 8.92. The Bertz CT molecular complexity index is 531. The maximum absolute atomic E-state index is 12.1. The predicted octanol–water partition coefficient (Wildman–Crippen LogP) is 2.59. The molecule has 1 aromatic rings. The SMILES string of the molecule is CC(C)(C)NCc1cccn1CCS(=O)(=O)C(C)(C)C. The molecule has 0 atom stereocenters. The Kier molecular flexibility index (Phi) is 5.08. The van der Waals surface area contributed by atoms with Crippen LogP contribution in [0.1, 0.15) is 47.2 Å². The molecule has 5 heteroatoms. The van der Waals surface area contributed by atoms with Gasteiger partial charge in [-0.05, 0) is 53.7 Å². The van der Waals surface area contributed by atoms with E-state index < -0.39 is 14.6 Å². The fourth-order valence-corrected chi connectivity index (χ4v) is 2.76. The molecule has 0 radical (unpaired) electrons. The highest BCUT2D eigenvalue weighted by atomic mass is 32.2. The Hall–Kier alpha value is -0.810. The minimum absolute atomic E-state index is 0.0482. The summed E-state index contributed by atoms with van der Waals surface area (Å²) < 4.78 is 25.6. The molecule has 0 saturated heterocycles. The number of aromatic nitrogens is 1. The van der Waals surface area contributed by atoms with E-state index in [0.717, 1.165) is 12.2 Å². The Balaban J connectivity index is 2.69. The van der Waals surface area contributed by atoms with Crippen molar-refractivity contribution in [2.24, 2.45) is 0 Å². The van der Waals surface area contributed by atoms with Gasteiger partial charge in [0.1, 0.15) is 0 Å². The van der Waals surface area contributed by atoms with Crippen molar-refractivity contribution in [3.8, 4) is 0 Å². The van der Waals surface area contributed by atoms with Crippen molar-refractivity contribution in [1.82, 2.24) is 9.88 Å². The van der Waals surface area contributed by atoms with Crippen molar-refractivity contribution in [2.75, 3.05) is 5.75 Å². The van der Waals surface area contributed by atoms with Gasteiger partial charge in [0.2, 0.25) is 0 Å². The molecular weight excluding hydrogens is 272 g/mol. The first-order valence-corrected chi connectivity index (χ1v) is 8.69. The zero-order valence-electron chi connectivity index (χ0n) is 13.5. The van der Waals surface area contributed by atoms with Crippen LogP contribution >= 0.6 is 0 Å². The molecule has 0 fully saturated rings. The molecule has 0 spiro atoms. The summed E-state index contributed by atoms with van der Waals surface area (Å²) in [6.45, 7) is 12.8. The van der Waals surface area contributed by atoms with Crippen molar-refractivity contribution in [3.63, 3.8) is 0 Å². The summed E-state index contributed by atoms with van der Waals surface area (Å²) in [4.78, 5) is 0. The Morgan fingerprint density at radius 2 is 1.75 bits per heavy atom. The first-order valence-electron chi connectivity index (χ1n) is 7.04. The molecule has 4 nitrogen and oxygen atoms in total. The third-order valence-electron chi connectivity index (χ3n) is 3.26. The number of nitrogens with one attached hydrogen (secondary N) is 1. The predicted molar refractivity (Wildman–Crippen MR) is 84.6 cm³/mol. The summed E-state index contributed by atoms with van der Waals surface area (Å²) >= 11 is 0. The van der Waals surface area contributed by atoms with E-state index in [2.05, 4.69) is 26.1 Å². The van der Waals surface area contributed by atoms with Gasteiger partial charge in [0, 0.05) is 30.5 Å². The van der Waals surface area contributed by atoms with Crippen LogP contribution in [0, 0.1) is 0 Å². The molecule has 0 amide bonds. The van der Waals surface area contributed by atoms with Gasteiger partial charge in [-0.3, -0.25) is 0 Å². The molecule has 1 rings (SSSR count). The highest BCUT2D eigenvalue weighted by Crippen LogP contribution is 2.17. The zero-order valence-corrected chi connectivity index (χ0v) is 14.3. The fraction of sp³-hybridized carbons (Fsp3) is 0.733. The third kappa shape index (κ3) is 4.94. The van der Waals surface area contributed by atoms with Crippen LogP contribution in [-0.2, 0) is 22.9 Å². The molecule has 0 bridgehead atoms. The molecule has 1 aromatic heterocycles. The fourth-order valence-electron chi connectivity index (χ4n) is 1.71. The number of aryl methyl sites for hydroxylation is 1. The number of hydrogen-bond acceptors (Lipinski definition) is 3. The second-order valence-corrected chi connectivity index (χ2v) is 10.1. The van der Waals surface area contributed by atoms with Crippen LogP contribution in [0.25, 0.3) is 0 Å². The number of nitrogens with zero attached hydrogens (tertiary/aromatic N) is 1. The molecule has 0 aromatic carbocycles. The average Bonchev–Trinajstić information content (AvgIpc) is 2.68. The summed E-state index contributed by atoms with van der Waals surface area (Å²) in [7, 11) is -3.08. The molecule has 116 valence electrons. The highest BCUT2D eigenvalue weighted by molar-refractivity contribution is 7.92. The van der Waals surface area contributed by atoms with Crippen LogP contribution in [0.2, 0.25) is 0 Å². The van der Waals surface area contributed by atoms with Crippen molar-refractivity contribution in [1.29, 1.82) is 0 Å². The van der Waals surface area contributed by atoms with E-state index in [1.54, 1.807) is 20.8 Å². The molecule has 0 unspecified atom stereocenters. The molecular formula is C15H28N2O2S. The van der Waals surface area contributed by atoms with Crippen molar-refractivity contribution in [2.45, 2.75) is 64.9 Å². The lowest BCUT2D eigenvalue weighted by atomic mass is 10.1. The second-order valence-electron chi connectivity index (χ2n) is 7.23. The van der Waals surface area contributed by atoms with Crippen LogP contribution in [0.15, 0.2) is 18.3 Å². The smallest absolute Gasteiger partial charge is 0.156 e. The Morgan fingerprint density at radius 3 is 2.25 bits per heavy atom. The minimum Gasteiger partial charge on any atom is -0.349 e. The van der Waals surface area contributed by atoms with Crippen LogP contribution in [-0.4, -0.2) is 29.0 Å². The second kappa shape index (κ2) is 5.90. The first kappa shape index (κ1) is 17.2. The van der Waals surface area contributed by atoms with Crippen LogP contribution in [0.5, 0.6) is 0 Å². The maximum atomic E-state index is 12.1. The van der Waals surface area contributed by atoms with Gasteiger partial charge in [0.25, 0.3) is 0 Å². The summed E-state index contributed by atoms with van der Waals surface area (Å²) in [5, 5.41) is 3.42. The van der Waals surface area contributed by atoms with Gasteiger partial charge in [-0.15, -0.1) is 0 Å². The molecule has 0 aliphatic rings. The molecule has 0 aliphatic carbocycles. The van der Waals surface area contributed by atoms with Gasteiger partial charge in [0.15, 0.2) is 9.84 Å². The van der Waals surface area contributed by atoms with E-state index in [1.165, 1.54) is 0 Å².